The quantitative estimate of drug-likeness (QED) is 0.236. The first kappa shape index (κ1) is 26.2. The molecule has 3 aliphatic rings. The standard InChI is InChI=1S/C35H31N5O.CH4/c36-35(41)27-13-12-25(19-30(27)38-31-21-39-16-14-22(31)15-17-39)40-32-10-4-2-7-28(32)34-26(8-5-11-33(34)40)24-18-23-6-1-3-9-29(23)37-20-24;/h1-13,18-20,22,31,38H,14-17,21H2,(H2,36,41);1H4/t31-;/m0./s1. The van der Waals surface area contributed by atoms with Crippen LogP contribution in [-0.2, 0) is 0 Å². The fourth-order valence-electron chi connectivity index (χ4n) is 7.09. The molecule has 9 rings (SSSR count). The van der Waals surface area contributed by atoms with Gasteiger partial charge in [0, 0.05) is 51.9 Å². The molecule has 2 bridgehead atoms. The Kier molecular flexibility index (Phi) is 6.43. The van der Waals surface area contributed by atoms with Crippen molar-refractivity contribution in [3.63, 3.8) is 0 Å². The van der Waals surface area contributed by atoms with E-state index in [9.17, 15) is 4.79 Å². The van der Waals surface area contributed by atoms with Crippen LogP contribution >= 0.6 is 0 Å². The average molecular weight is 554 g/mol. The van der Waals surface area contributed by atoms with Crippen molar-refractivity contribution < 1.29 is 4.79 Å². The predicted molar refractivity (Wildman–Crippen MR) is 173 cm³/mol. The van der Waals surface area contributed by atoms with E-state index in [-0.39, 0.29) is 7.43 Å². The van der Waals surface area contributed by atoms with Gasteiger partial charge >= 0.3 is 0 Å². The molecule has 2 aromatic heterocycles. The highest BCUT2D eigenvalue weighted by molar-refractivity contribution is 6.16. The topological polar surface area (TPSA) is 76.2 Å². The van der Waals surface area contributed by atoms with Crippen LogP contribution in [-0.4, -0.2) is 46.0 Å². The minimum atomic E-state index is -0.409. The lowest BCUT2D eigenvalue weighted by Gasteiger charge is -2.45. The van der Waals surface area contributed by atoms with Gasteiger partial charge in [0.25, 0.3) is 5.91 Å². The first-order valence-electron chi connectivity index (χ1n) is 14.4. The summed E-state index contributed by atoms with van der Waals surface area (Å²) >= 11 is 0. The largest absolute Gasteiger partial charge is 0.380 e. The number of hydrogen-bond acceptors (Lipinski definition) is 4. The second kappa shape index (κ2) is 10.3. The van der Waals surface area contributed by atoms with Crippen molar-refractivity contribution in [1.82, 2.24) is 14.5 Å². The number of carbonyl (C=O) groups is 1. The summed E-state index contributed by atoms with van der Waals surface area (Å²) in [5.41, 5.74) is 13.7. The fraction of sp³-hybridized carbons (Fsp3) is 0.222. The maximum absolute atomic E-state index is 12.5. The lowest BCUT2D eigenvalue weighted by molar-refractivity contribution is 0.0969. The SMILES string of the molecule is C.NC(=O)c1ccc(-n2c3ccccc3c3c(-c4cnc5ccccc5c4)cccc32)cc1N[C@H]1CN2CCC1CC2. The summed E-state index contributed by atoms with van der Waals surface area (Å²) in [5, 5.41) is 7.24. The predicted octanol–water partition coefficient (Wildman–Crippen LogP) is 7.24. The van der Waals surface area contributed by atoms with Crippen molar-refractivity contribution in [1.29, 1.82) is 0 Å². The number of nitrogens with one attached hydrogen (secondary N) is 1. The lowest BCUT2D eigenvalue weighted by atomic mass is 9.84. The summed E-state index contributed by atoms with van der Waals surface area (Å²) in [4.78, 5) is 19.8. The number of primary amides is 1. The van der Waals surface area contributed by atoms with Gasteiger partial charge in [0.15, 0.2) is 0 Å². The van der Waals surface area contributed by atoms with Crippen LogP contribution in [0.25, 0.3) is 49.5 Å². The van der Waals surface area contributed by atoms with E-state index >= 15 is 0 Å². The summed E-state index contributed by atoms with van der Waals surface area (Å²) in [5.74, 6) is 0.212. The molecule has 210 valence electrons. The Bertz CT molecular complexity index is 1970. The molecule has 1 atom stereocenters. The van der Waals surface area contributed by atoms with Gasteiger partial charge < -0.3 is 20.5 Å². The minimum absolute atomic E-state index is 0. The molecule has 6 aromatic rings. The maximum atomic E-state index is 12.5. The Morgan fingerprint density at radius 2 is 1.67 bits per heavy atom. The molecule has 3 fully saturated rings. The highest BCUT2D eigenvalue weighted by atomic mass is 16.1. The summed E-state index contributed by atoms with van der Waals surface area (Å²) in [6, 6.07) is 31.8. The highest BCUT2D eigenvalue weighted by Gasteiger charge is 2.34. The Morgan fingerprint density at radius 1 is 0.881 bits per heavy atom. The number of benzene rings is 4. The molecule has 0 aliphatic carbocycles. The van der Waals surface area contributed by atoms with E-state index in [0.717, 1.165) is 51.0 Å². The number of hydrogen-bond donors (Lipinski definition) is 2. The molecule has 4 aromatic carbocycles. The summed E-state index contributed by atoms with van der Waals surface area (Å²) in [7, 11) is 0. The second-order valence-electron chi connectivity index (χ2n) is 11.5. The molecule has 5 heterocycles. The number of piperidine rings is 3. The van der Waals surface area contributed by atoms with Crippen LogP contribution in [0.5, 0.6) is 0 Å². The van der Waals surface area contributed by atoms with Crippen molar-refractivity contribution in [2.75, 3.05) is 25.0 Å². The number of rotatable bonds is 5. The number of anilines is 1. The fourth-order valence-corrected chi connectivity index (χ4v) is 7.09. The molecule has 0 radical (unpaired) electrons. The number of pyridine rings is 1. The normalized spacial score (nSPS) is 19.7. The summed E-state index contributed by atoms with van der Waals surface area (Å²) in [6.07, 6.45) is 4.37. The first-order valence-corrected chi connectivity index (χ1v) is 14.4. The van der Waals surface area contributed by atoms with Gasteiger partial charge in [0.2, 0.25) is 0 Å². The number of aromatic nitrogens is 2. The zero-order valence-corrected chi connectivity index (χ0v) is 22.8. The Morgan fingerprint density at radius 3 is 2.48 bits per heavy atom. The van der Waals surface area contributed by atoms with Crippen LogP contribution in [0.4, 0.5) is 5.69 Å². The third-order valence-electron chi connectivity index (χ3n) is 9.12. The molecule has 1 amide bonds. The number of nitrogens with two attached hydrogens (primary N) is 1. The van der Waals surface area contributed by atoms with Crippen LogP contribution in [0, 0.1) is 5.92 Å². The molecule has 6 heteroatoms. The molecule has 3 aliphatic heterocycles. The van der Waals surface area contributed by atoms with E-state index in [2.05, 4.69) is 81.5 Å². The van der Waals surface area contributed by atoms with Gasteiger partial charge in [-0.15, -0.1) is 0 Å². The smallest absolute Gasteiger partial charge is 0.250 e. The van der Waals surface area contributed by atoms with Gasteiger partial charge in [-0.3, -0.25) is 9.78 Å². The zero-order valence-electron chi connectivity index (χ0n) is 22.8. The molecule has 6 nitrogen and oxygen atoms in total. The third kappa shape index (κ3) is 4.22. The third-order valence-corrected chi connectivity index (χ3v) is 9.12. The van der Waals surface area contributed by atoms with Gasteiger partial charge in [-0.1, -0.05) is 56.0 Å². The van der Waals surface area contributed by atoms with Gasteiger partial charge in [-0.2, -0.15) is 0 Å². The van der Waals surface area contributed by atoms with Crippen molar-refractivity contribution in [3.05, 3.63) is 103 Å². The van der Waals surface area contributed by atoms with Crippen molar-refractivity contribution in [2.45, 2.75) is 26.3 Å². The van der Waals surface area contributed by atoms with Crippen LogP contribution in [0.15, 0.2) is 97.2 Å². The Labute approximate surface area is 245 Å². The number of para-hydroxylation sites is 2. The van der Waals surface area contributed by atoms with E-state index < -0.39 is 5.91 Å². The van der Waals surface area contributed by atoms with Gasteiger partial charge in [0.1, 0.15) is 0 Å². The van der Waals surface area contributed by atoms with Crippen molar-refractivity contribution in [3.8, 4) is 16.8 Å². The maximum Gasteiger partial charge on any atom is 0.250 e. The Hall–Kier alpha value is -4.68. The monoisotopic (exact) mass is 553 g/mol. The van der Waals surface area contributed by atoms with Gasteiger partial charge in [0.05, 0.1) is 22.1 Å². The van der Waals surface area contributed by atoms with Crippen molar-refractivity contribution in [2.24, 2.45) is 11.7 Å². The molecule has 3 N–H and O–H groups in total. The van der Waals surface area contributed by atoms with Crippen LogP contribution in [0.1, 0.15) is 30.6 Å². The van der Waals surface area contributed by atoms with E-state index in [1.165, 1.54) is 36.7 Å². The number of fused-ring (bicyclic) bond motifs is 7. The molecular weight excluding hydrogens is 518 g/mol. The van der Waals surface area contributed by atoms with Crippen molar-refractivity contribution >= 4 is 44.3 Å². The van der Waals surface area contributed by atoms with Gasteiger partial charge in [-0.25, -0.2) is 0 Å². The number of carbonyl (C=O) groups excluding carboxylic acids is 1. The molecule has 0 saturated carbocycles. The number of amides is 1. The van der Waals surface area contributed by atoms with Crippen LogP contribution in [0.2, 0.25) is 0 Å². The van der Waals surface area contributed by atoms with E-state index in [1.807, 2.05) is 30.5 Å². The summed E-state index contributed by atoms with van der Waals surface area (Å²) in [6.45, 7) is 3.34. The molecule has 0 unspecified atom stereocenters. The van der Waals surface area contributed by atoms with E-state index in [1.54, 1.807) is 0 Å². The lowest BCUT2D eigenvalue weighted by Crippen LogP contribution is -2.53. The summed E-state index contributed by atoms with van der Waals surface area (Å²) < 4.78 is 2.30. The molecule has 0 spiro atoms. The molecular formula is C36H35N5O. The second-order valence-corrected chi connectivity index (χ2v) is 11.5. The van der Waals surface area contributed by atoms with Gasteiger partial charge in [-0.05, 0) is 79.9 Å². The number of nitrogens with zero attached hydrogens (tertiary/aromatic N) is 3. The Balaban J connectivity index is 0.00000288. The minimum Gasteiger partial charge on any atom is -0.380 e. The zero-order chi connectivity index (χ0) is 27.5. The van der Waals surface area contributed by atoms with Crippen LogP contribution < -0.4 is 11.1 Å². The van der Waals surface area contributed by atoms with E-state index in [0.29, 0.717) is 17.5 Å². The highest BCUT2D eigenvalue weighted by Crippen LogP contribution is 2.40. The first-order chi connectivity index (χ1) is 20.1. The molecule has 3 saturated heterocycles. The van der Waals surface area contributed by atoms with E-state index in [4.69, 9.17) is 10.7 Å². The van der Waals surface area contributed by atoms with Crippen LogP contribution in [0.3, 0.4) is 0 Å². The molecule has 42 heavy (non-hydrogen) atoms. The average Bonchev–Trinajstić information content (AvgIpc) is 3.36.